The Kier molecular flexibility index (Phi) is 3.57. The van der Waals surface area contributed by atoms with Crippen molar-refractivity contribution < 1.29 is 9.72 Å². The van der Waals surface area contributed by atoms with Gasteiger partial charge >= 0.3 is 0 Å². The van der Waals surface area contributed by atoms with Gasteiger partial charge in [0, 0.05) is 31.5 Å². The summed E-state index contributed by atoms with van der Waals surface area (Å²) in [6, 6.07) is 5.84. The average Bonchev–Trinajstić information content (AvgIpc) is 2.52. The van der Waals surface area contributed by atoms with Gasteiger partial charge in [0.1, 0.15) is 5.82 Å². The number of fused-ring (bicyclic) bond motifs is 1. The summed E-state index contributed by atoms with van der Waals surface area (Å²) in [4.78, 5) is 37.1. The fourth-order valence-electron chi connectivity index (χ4n) is 2.70. The lowest BCUT2D eigenvalue weighted by molar-refractivity contribution is -0.384. The molecule has 1 unspecified atom stereocenters. The van der Waals surface area contributed by atoms with Crippen LogP contribution in [0.15, 0.2) is 29.1 Å². The second kappa shape index (κ2) is 5.43. The second-order valence-corrected chi connectivity index (χ2v) is 5.62. The summed E-state index contributed by atoms with van der Waals surface area (Å²) >= 11 is 5.05. The van der Waals surface area contributed by atoms with E-state index in [0.29, 0.717) is 16.9 Å². The van der Waals surface area contributed by atoms with Gasteiger partial charge in [0.2, 0.25) is 5.91 Å². The van der Waals surface area contributed by atoms with Gasteiger partial charge in [0.05, 0.1) is 10.5 Å². The van der Waals surface area contributed by atoms with Crippen molar-refractivity contribution in [3.63, 3.8) is 0 Å². The predicted octanol–water partition coefficient (Wildman–Crippen LogP) is 1.83. The lowest BCUT2D eigenvalue weighted by Gasteiger charge is -2.26. The summed E-state index contributed by atoms with van der Waals surface area (Å²) in [5.41, 5.74) is 0.643. The number of nitrogens with one attached hydrogen (secondary N) is 2. The molecule has 2 N–H and O–H groups in total. The molecule has 23 heavy (non-hydrogen) atoms. The Labute approximate surface area is 134 Å². The Bertz CT molecular complexity index is 929. The van der Waals surface area contributed by atoms with Crippen LogP contribution in [0, 0.1) is 14.9 Å². The van der Waals surface area contributed by atoms with Gasteiger partial charge in [-0.3, -0.25) is 24.7 Å². The van der Waals surface area contributed by atoms with Crippen molar-refractivity contribution >= 4 is 29.6 Å². The second-order valence-electron chi connectivity index (χ2n) is 5.23. The number of carbonyl (C=O) groups is 1. The smallest absolute Gasteiger partial charge is 0.269 e. The summed E-state index contributed by atoms with van der Waals surface area (Å²) in [7, 11) is 1.65. The van der Waals surface area contributed by atoms with Crippen LogP contribution in [-0.2, 0) is 11.8 Å². The largest absolute Gasteiger partial charge is 0.312 e. The Morgan fingerprint density at radius 1 is 1.30 bits per heavy atom. The number of rotatable bonds is 2. The third-order valence-corrected chi connectivity index (χ3v) is 4.24. The Morgan fingerprint density at radius 2 is 1.96 bits per heavy atom. The van der Waals surface area contributed by atoms with E-state index in [-0.39, 0.29) is 28.3 Å². The molecule has 0 spiro atoms. The first-order chi connectivity index (χ1) is 10.9. The van der Waals surface area contributed by atoms with Crippen molar-refractivity contribution in [2.45, 2.75) is 12.3 Å². The molecule has 1 aromatic carbocycles. The van der Waals surface area contributed by atoms with E-state index < -0.39 is 10.8 Å². The molecule has 1 aromatic heterocycles. The van der Waals surface area contributed by atoms with Crippen LogP contribution in [0.4, 0.5) is 11.5 Å². The molecular weight excluding hydrogens is 320 g/mol. The van der Waals surface area contributed by atoms with Crippen molar-refractivity contribution in [1.82, 2.24) is 9.55 Å². The van der Waals surface area contributed by atoms with Crippen molar-refractivity contribution in [2.75, 3.05) is 5.32 Å². The summed E-state index contributed by atoms with van der Waals surface area (Å²) < 4.78 is 1.74. The third-order valence-electron chi connectivity index (χ3n) is 3.86. The van der Waals surface area contributed by atoms with Gasteiger partial charge in [-0.25, -0.2) is 0 Å². The number of amides is 1. The number of nitro benzene ring substituents is 1. The van der Waals surface area contributed by atoms with Gasteiger partial charge in [-0.1, -0.05) is 12.1 Å². The minimum Gasteiger partial charge on any atom is -0.312 e. The molecule has 118 valence electrons. The molecule has 3 rings (SSSR count). The Balaban J connectivity index is 2.18. The van der Waals surface area contributed by atoms with E-state index in [0.717, 1.165) is 0 Å². The van der Waals surface area contributed by atoms with E-state index in [1.807, 2.05) is 0 Å². The van der Waals surface area contributed by atoms with Crippen molar-refractivity contribution in [3.05, 3.63) is 60.6 Å². The number of aromatic nitrogens is 2. The number of non-ortho nitro benzene ring substituents is 1. The summed E-state index contributed by atoms with van der Waals surface area (Å²) in [6.07, 6.45) is 0.0880. The fraction of sp³-hybridized carbons (Fsp3) is 0.214. The van der Waals surface area contributed by atoms with Crippen LogP contribution in [-0.4, -0.2) is 20.4 Å². The molecule has 0 radical (unpaired) electrons. The molecule has 1 aliphatic rings. The molecular formula is C14H12N4O4S. The zero-order valence-electron chi connectivity index (χ0n) is 12.0. The topological polar surface area (TPSA) is 110 Å². The molecule has 0 fully saturated rings. The summed E-state index contributed by atoms with van der Waals surface area (Å²) in [5, 5.41) is 13.4. The zero-order valence-corrected chi connectivity index (χ0v) is 12.8. The molecule has 1 atom stereocenters. The highest BCUT2D eigenvalue weighted by Crippen LogP contribution is 2.34. The molecule has 1 amide bonds. The summed E-state index contributed by atoms with van der Waals surface area (Å²) in [5.74, 6) is -0.361. The number of nitrogens with zero attached hydrogens (tertiary/aromatic N) is 2. The van der Waals surface area contributed by atoms with Gasteiger partial charge in [-0.2, -0.15) is 0 Å². The highest BCUT2D eigenvalue weighted by atomic mass is 32.1. The first kappa shape index (κ1) is 15.1. The summed E-state index contributed by atoms with van der Waals surface area (Å²) in [6.45, 7) is 0. The van der Waals surface area contributed by atoms with Gasteiger partial charge in [-0.05, 0) is 17.8 Å². The van der Waals surface area contributed by atoms with E-state index in [2.05, 4.69) is 10.3 Å². The maximum atomic E-state index is 12.3. The molecule has 1 aliphatic heterocycles. The van der Waals surface area contributed by atoms with Gasteiger partial charge in [-0.15, -0.1) is 0 Å². The normalized spacial score (nSPS) is 16.6. The van der Waals surface area contributed by atoms with E-state index >= 15 is 0 Å². The number of H-pyrrole nitrogens is 1. The maximum absolute atomic E-state index is 12.3. The van der Waals surface area contributed by atoms with Crippen LogP contribution in [0.5, 0.6) is 0 Å². The number of hydrogen-bond acceptors (Lipinski definition) is 5. The zero-order chi connectivity index (χ0) is 16.7. The van der Waals surface area contributed by atoms with Gasteiger partial charge < -0.3 is 9.88 Å². The van der Waals surface area contributed by atoms with Crippen LogP contribution >= 0.6 is 12.2 Å². The lowest BCUT2D eigenvalue weighted by atomic mass is 9.86. The first-order valence-corrected chi connectivity index (χ1v) is 7.16. The van der Waals surface area contributed by atoms with Crippen LogP contribution in [0.25, 0.3) is 0 Å². The number of hydrogen-bond donors (Lipinski definition) is 2. The fourth-order valence-corrected chi connectivity index (χ4v) is 2.88. The van der Waals surface area contributed by atoms with E-state index in [9.17, 15) is 19.7 Å². The SMILES string of the molecule is Cn1c2c(c(=O)[nH]c1=S)C(c1ccc([N+](=O)[O-])cc1)CC(=O)N2. The molecule has 2 heterocycles. The lowest BCUT2D eigenvalue weighted by Crippen LogP contribution is -2.33. The number of benzene rings is 1. The molecule has 9 heteroatoms. The van der Waals surface area contributed by atoms with Crippen LogP contribution in [0.1, 0.15) is 23.5 Å². The quantitative estimate of drug-likeness (QED) is 0.495. The molecule has 8 nitrogen and oxygen atoms in total. The highest BCUT2D eigenvalue weighted by molar-refractivity contribution is 7.71. The van der Waals surface area contributed by atoms with Crippen LogP contribution in [0.3, 0.4) is 0 Å². The van der Waals surface area contributed by atoms with E-state index in [4.69, 9.17) is 12.2 Å². The minimum atomic E-state index is -0.498. The minimum absolute atomic E-state index is 0.0467. The van der Waals surface area contributed by atoms with Crippen LogP contribution in [0.2, 0.25) is 0 Å². The van der Waals surface area contributed by atoms with E-state index in [1.54, 1.807) is 19.2 Å². The predicted molar refractivity (Wildman–Crippen MR) is 85.1 cm³/mol. The molecule has 0 saturated heterocycles. The Hall–Kier alpha value is -2.81. The monoisotopic (exact) mass is 332 g/mol. The van der Waals surface area contributed by atoms with Crippen molar-refractivity contribution in [3.8, 4) is 0 Å². The molecule has 0 bridgehead atoms. The number of aromatic amines is 1. The average molecular weight is 332 g/mol. The number of carbonyl (C=O) groups excluding carboxylic acids is 1. The number of anilines is 1. The third kappa shape index (κ3) is 2.55. The van der Waals surface area contributed by atoms with Gasteiger partial charge in [0.25, 0.3) is 11.2 Å². The van der Waals surface area contributed by atoms with Crippen molar-refractivity contribution in [2.24, 2.45) is 7.05 Å². The molecule has 2 aromatic rings. The molecule has 0 saturated carbocycles. The number of nitro groups is 1. The standard InChI is InChI=1S/C14H12N4O4S/c1-17-12-11(13(20)16-14(17)23)9(6-10(19)15-12)7-2-4-8(5-3-7)18(21)22/h2-5,9H,6H2,1H3,(H,15,19)(H,16,20,23). The van der Waals surface area contributed by atoms with Crippen molar-refractivity contribution in [1.29, 1.82) is 0 Å². The first-order valence-electron chi connectivity index (χ1n) is 6.76. The maximum Gasteiger partial charge on any atom is 0.269 e. The highest BCUT2D eigenvalue weighted by Gasteiger charge is 2.31. The van der Waals surface area contributed by atoms with Crippen LogP contribution < -0.4 is 10.9 Å². The molecule has 0 aliphatic carbocycles. The Morgan fingerprint density at radius 3 is 2.57 bits per heavy atom. The van der Waals surface area contributed by atoms with Gasteiger partial charge in [0.15, 0.2) is 4.77 Å². The van der Waals surface area contributed by atoms with E-state index in [1.165, 1.54) is 16.7 Å².